The van der Waals surface area contributed by atoms with E-state index in [-0.39, 0.29) is 11.0 Å². The number of rotatable bonds is 5. The van der Waals surface area contributed by atoms with Gasteiger partial charge in [0.15, 0.2) is 5.13 Å². The van der Waals surface area contributed by atoms with Crippen LogP contribution in [0.1, 0.15) is 36.0 Å². The molecule has 0 amide bonds. The van der Waals surface area contributed by atoms with Gasteiger partial charge in [0.05, 0.1) is 5.69 Å². The number of sulfonamides is 1. The quantitative estimate of drug-likeness (QED) is 0.876. The Labute approximate surface area is 119 Å². The first kappa shape index (κ1) is 14.5. The molecule has 2 aromatic rings. The summed E-state index contributed by atoms with van der Waals surface area (Å²) >= 11 is 1.15. The molecule has 0 aliphatic carbocycles. The van der Waals surface area contributed by atoms with Crippen molar-refractivity contribution < 1.29 is 22.7 Å². The van der Waals surface area contributed by atoms with Crippen LogP contribution in [-0.2, 0) is 10.0 Å². The maximum absolute atomic E-state index is 12.0. The molecule has 0 saturated heterocycles. The van der Waals surface area contributed by atoms with Gasteiger partial charge < -0.3 is 9.52 Å². The van der Waals surface area contributed by atoms with Gasteiger partial charge in [-0.15, -0.1) is 11.3 Å². The molecule has 0 fully saturated rings. The number of aromatic nitrogens is 1. The minimum absolute atomic E-state index is 0.187. The number of aromatic carboxylic acids is 1. The Kier molecular flexibility index (Phi) is 3.82. The third-order valence-electron chi connectivity index (χ3n) is 2.39. The maximum Gasteiger partial charge on any atom is 0.371 e. The molecule has 0 spiro atoms. The van der Waals surface area contributed by atoms with Crippen LogP contribution in [0.25, 0.3) is 0 Å². The molecule has 2 N–H and O–H groups in total. The fraction of sp³-hybridized carbons (Fsp3) is 0.273. The van der Waals surface area contributed by atoms with Gasteiger partial charge in [-0.3, -0.25) is 4.72 Å². The summed E-state index contributed by atoms with van der Waals surface area (Å²) in [4.78, 5) is 14.8. The van der Waals surface area contributed by atoms with E-state index in [9.17, 15) is 13.2 Å². The van der Waals surface area contributed by atoms with E-state index in [0.717, 1.165) is 29.2 Å². The standard InChI is InChI=1S/C11H12N2O5S2/c1-6(2)7-5-19-11(12-7)13-20(16,17)9-4-3-8(18-9)10(14)15/h3-6H,1-2H3,(H,12,13)(H,14,15). The topological polar surface area (TPSA) is 110 Å². The van der Waals surface area contributed by atoms with Gasteiger partial charge in [0.2, 0.25) is 10.9 Å². The number of carboxylic acids is 1. The molecular formula is C11H12N2O5S2. The second kappa shape index (κ2) is 5.25. The van der Waals surface area contributed by atoms with Crippen molar-refractivity contribution in [2.24, 2.45) is 0 Å². The predicted octanol–water partition coefficient (Wildman–Crippen LogP) is 2.36. The zero-order chi connectivity index (χ0) is 14.9. The molecule has 2 rings (SSSR count). The highest BCUT2D eigenvalue weighted by Crippen LogP contribution is 2.24. The van der Waals surface area contributed by atoms with Crippen LogP contribution in [0.4, 0.5) is 5.13 Å². The molecule has 0 atom stereocenters. The lowest BCUT2D eigenvalue weighted by molar-refractivity contribution is 0.0656. The van der Waals surface area contributed by atoms with Crippen LogP contribution in [0.15, 0.2) is 27.0 Å². The fourth-order valence-electron chi connectivity index (χ4n) is 1.34. The molecule has 0 aliphatic rings. The average molecular weight is 316 g/mol. The van der Waals surface area contributed by atoms with Crippen LogP contribution >= 0.6 is 11.3 Å². The number of carbonyl (C=O) groups is 1. The SMILES string of the molecule is CC(C)c1csc(NS(=O)(=O)c2ccc(C(=O)O)o2)n1. The largest absolute Gasteiger partial charge is 0.475 e. The van der Waals surface area contributed by atoms with Crippen molar-refractivity contribution in [2.45, 2.75) is 24.9 Å². The Morgan fingerprint density at radius 1 is 1.45 bits per heavy atom. The normalized spacial score (nSPS) is 11.8. The van der Waals surface area contributed by atoms with Crippen molar-refractivity contribution in [3.63, 3.8) is 0 Å². The van der Waals surface area contributed by atoms with E-state index in [1.807, 2.05) is 13.8 Å². The molecule has 7 nitrogen and oxygen atoms in total. The Morgan fingerprint density at radius 3 is 2.65 bits per heavy atom. The summed E-state index contributed by atoms with van der Waals surface area (Å²) < 4.78 is 31.0. The third-order valence-corrected chi connectivity index (χ3v) is 4.51. The number of nitrogens with zero attached hydrogens (tertiary/aromatic N) is 1. The Bertz CT molecular complexity index is 730. The van der Waals surface area contributed by atoms with Gasteiger partial charge in [0, 0.05) is 5.38 Å². The molecule has 2 aromatic heterocycles. The monoisotopic (exact) mass is 316 g/mol. The fourth-order valence-corrected chi connectivity index (χ4v) is 3.40. The lowest BCUT2D eigenvalue weighted by Crippen LogP contribution is -2.12. The number of anilines is 1. The molecule has 108 valence electrons. The first-order chi connectivity index (χ1) is 9.29. The summed E-state index contributed by atoms with van der Waals surface area (Å²) in [6.45, 7) is 3.89. The van der Waals surface area contributed by atoms with Crippen LogP contribution in [-0.4, -0.2) is 24.5 Å². The number of hydrogen-bond donors (Lipinski definition) is 2. The summed E-state index contributed by atoms with van der Waals surface area (Å²) in [5.74, 6) is -1.58. The molecular weight excluding hydrogens is 304 g/mol. The second-order valence-electron chi connectivity index (χ2n) is 4.26. The van der Waals surface area contributed by atoms with E-state index in [0.29, 0.717) is 0 Å². The minimum atomic E-state index is -3.97. The number of thiazole rings is 1. The molecule has 0 aliphatic heterocycles. The molecule has 9 heteroatoms. The lowest BCUT2D eigenvalue weighted by Gasteiger charge is -2.01. The van der Waals surface area contributed by atoms with E-state index in [1.165, 1.54) is 0 Å². The van der Waals surface area contributed by atoms with E-state index < -0.39 is 26.8 Å². The molecule has 2 heterocycles. The third kappa shape index (κ3) is 2.99. The minimum Gasteiger partial charge on any atom is -0.475 e. The van der Waals surface area contributed by atoms with Gasteiger partial charge in [0.25, 0.3) is 10.0 Å². The van der Waals surface area contributed by atoms with E-state index >= 15 is 0 Å². The van der Waals surface area contributed by atoms with Gasteiger partial charge in [-0.05, 0) is 18.1 Å². The van der Waals surface area contributed by atoms with Crippen molar-refractivity contribution in [3.8, 4) is 0 Å². The number of furan rings is 1. The highest BCUT2D eigenvalue weighted by atomic mass is 32.2. The van der Waals surface area contributed by atoms with Crippen molar-refractivity contribution >= 4 is 32.5 Å². The zero-order valence-electron chi connectivity index (χ0n) is 10.7. The van der Waals surface area contributed by atoms with Crippen LogP contribution in [0.5, 0.6) is 0 Å². The van der Waals surface area contributed by atoms with Crippen LogP contribution in [0, 0.1) is 0 Å². The number of hydrogen-bond acceptors (Lipinski definition) is 6. The Morgan fingerprint density at radius 2 is 2.15 bits per heavy atom. The molecule has 20 heavy (non-hydrogen) atoms. The van der Waals surface area contributed by atoms with E-state index in [1.54, 1.807) is 5.38 Å². The van der Waals surface area contributed by atoms with E-state index in [4.69, 9.17) is 9.52 Å². The summed E-state index contributed by atoms with van der Waals surface area (Å²) in [6, 6.07) is 2.17. The van der Waals surface area contributed by atoms with E-state index in [2.05, 4.69) is 9.71 Å². The summed E-state index contributed by atoms with van der Waals surface area (Å²) in [7, 11) is -3.97. The summed E-state index contributed by atoms with van der Waals surface area (Å²) in [6.07, 6.45) is 0. The Hall–Kier alpha value is -1.87. The zero-order valence-corrected chi connectivity index (χ0v) is 12.3. The number of carboxylic acid groups (broad SMARTS) is 1. The summed E-state index contributed by atoms with van der Waals surface area (Å²) in [5.41, 5.74) is 0.776. The molecule has 0 aromatic carbocycles. The molecule has 0 bridgehead atoms. The maximum atomic E-state index is 12.0. The van der Waals surface area contributed by atoms with Crippen LogP contribution < -0.4 is 4.72 Å². The smallest absolute Gasteiger partial charge is 0.371 e. The molecule has 0 unspecified atom stereocenters. The second-order valence-corrected chi connectivity index (χ2v) is 6.73. The van der Waals surface area contributed by atoms with Crippen molar-refractivity contribution in [1.82, 2.24) is 4.98 Å². The Balaban J connectivity index is 2.23. The first-order valence-electron chi connectivity index (χ1n) is 5.61. The molecule has 0 saturated carbocycles. The summed E-state index contributed by atoms with van der Waals surface area (Å²) in [5, 5.41) is 10.2. The van der Waals surface area contributed by atoms with Crippen molar-refractivity contribution in [2.75, 3.05) is 4.72 Å². The average Bonchev–Trinajstić information content (AvgIpc) is 2.95. The van der Waals surface area contributed by atoms with Gasteiger partial charge in [-0.25, -0.2) is 9.78 Å². The molecule has 0 radical (unpaired) electrons. The van der Waals surface area contributed by atoms with Crippen molar-refractivity contribution in [3.05, 3.63) is 29.0 Å². The van der Waals surface area contributed by atoms with Gasteiger partial charge in [0.1, 0.15) is 0 Å². The van der Waals surface area contributed by atoms with Crippen molar-refractivity contribution in [1.29, 1.82) is 0 Å². The van der Waals surface area contributed by atoms with Gasteiger partial charge in [-0.2, -0.15) is 8.42 Å². The van der Waals surface area contributed by atoms with Crippen LogP contribution in [0.2, 0.25) is 0 Å². The first-order valence-corrected chi connectivity index (χ1v) is 7.97. The highest BCUT2D eigenvalue weighted by molar-refractivity contribution is 7.92. The van der Waals surface area contributed by atoms with Crippen LogP contribution in [0.3, 0.4) is 0 Å². The highest BCUT2D eigenvalue weighted by Gasteiger charge is 2.22. The predicted molar refractivity (Wildman–Crippen MR) is 72.7 cm³/mol. The lowest BCUT2D eigenvalue weighted by atomic mass is 10.2. The van der Waals surface area contributed by atoms with Gasteiger partial charge in [-0.1, -0.05) is 13.8 Å². The van der Waals surface area contributed by atoms with Gasteiger partial charge >= 0.3 is 5.97 Å². The number of nitrogens with one attached hydrogen (secondary N) is 1.